The Kier molecular flexibility index (Phi) is 4.73. The first kappa shape index (κ1) is 17.4. The maximum Gasteiger partial charge on any atom is 0.268 e. The second-order valence-electron chi connectivity index (χ2n) is 5.65. The number of fused-ring (bicyclic) bond motifs is 1. The number of anilines is 1. The number of thioether (sulfide) groups is 1. The van der Waals surface area contributed by atoms with Crippen molar-refractivity contribution < 1.29 is 4.79 Å². The molecule has 3 aromatic heterocycles. The molecule has 0 saturated carbocycles. The molecule has 4 rings (SSSR count). The van der Waals surface area contributed by atoms with Crippen molar-refractivity contribution in [2.45, 2.75) is 17.8 Å². The fourth-order valence-corrected chi connectivity index (χ4v) is 4.08. The molecule has 8 nitrogen and oxygen atoms in total. The average Bonchev–Trinajstić information content (AvgIpc) is 3.29. The van der Waals surface area contributed by atoms with E-state index in [4.69, 9.17) is 0 Å². The summed E-state index contributed by atoms with van der Waals surface area (Å²) in [6.45, 7) is 1.46. The summed E-state index contributed by atoms with van der Waals surface area (Å²) < 4.78 is 2.44. The Hall–Kier alpha value is -2.98. The Morgan fingerprint density at radius 3 is 3.11 bits per heavy atom. The number of nitrogens with zero attached hydrogens (tertiary/aromatic N) is 4. The highest BCUT2D eigenvalue weighted by Gasteiger charge is 2.11. The number of hydrogen-bond acceptors (Lipinski definition) is 7. The van der Waals surface area contributed by atoms with Crippen molar-refractivity contribution in [3.05, 3.63) is 58.2 Å². The third-order valence-electron chi connectivity index (χ3n) is 3.66. The van der Waals surface area contributed by atoms with Crippen LogP contribution in [0.4, 0.5) is 5.69 Å². The third-order valence-corrected chi connectivity index (χ3v) is 5.52. The number of rotatable bonds is 5. The minimum atomic E-state index is -0.135. The van der Waals surface area contributed by atoms with Crippen molar-refractivity contribution in [2.24, 2.45) is 0 Å². The summed E-state index contributed by atoms with van der Waals surface area (Å²) in [5.41, 5.74) is 2.08. The molecule has 0 saturated heterocycles. The SMILES string of the molecule is CC(=O)Nc1cccc(-n2cnnc2SCc2nc3ccsc3c(=O)[nH]2)c1. The maximum atomic E-state index is 12.1. The van der Waals surface area contributed by atoms with Gasteiger partial charge >= 0.3 is 0 Å². The van der Waals surface area contributed by atoms with E-state index in [0.29, 0.717) is 32.6 Å². The molecule has 0 spiro atoms. The van der Waals surface area contributed by atoms with E-state index in [1.54, 1.807) is 6.33 Å². The lowest BCUT2D eigenvalue weighted by Gasteiger charge is -2.08. The van der Waals surface area contributed by atoms with Gasteiger partial charge in [0.15, 0.2) is 5.16 Å². The zero-order valence-electron chi connectivity index (χ0n) is 14.2. The summed E-state index contributed by atoms with van der Waals surface area (Å²) in [6, 6.07) is 9.23. The van der Waals surface area contributed by atoms with E-state index in [1.165, 1.54) is 30.0 Å². The van der Waals surface area contributed by atoms with Crippen LogP contribution in [0, 0.1) is 0 Å². The second-order valence-corrected chi connectivity index (χ2v) is 7.51. The molecule has 136 valence electrons. The number of hydrogen-bond donors (Lipinski definition) is 2. The van der Waals surface area contributed by atoms with Gasteiger partial charge in [0, 0.05) is 12.6 Å². The predicted octanol–water partition coefficient (Wildman–Crippen LogP) is 2.82. The molecule has 4 aromatic rings. The van der Waals surface area contributed by atoms with Gasteiger partial charge in [-0.25, -0.2) is 4.98 Å². The monoisotopic (exact) mass is 398 g/mol. The number of benzene rings is 1. The van der Waals surface area contributed by atoms with Crippen molar-refractivity contribution in [3.8, 4) is 5.69 Å². The molecule has 0 aliphatic rings. The summed E-state index contributed by atoms with van der Waals surface area (Å²) in [7, 11) is 0. The Bertz CT molecular complexity index is 1180. The van der Waals surface area contributed by atoms with Gasteiger partial charge in [0.25, 0.3) is 5.56 Å². The Morgan fingerprint density at radius 2 is 2.26 bits per heavy atom. The summed E-state index contributed by atoms with van der Waals surface area (Å²) in [4.78, 5) is 30.6. The highest BCUT2D eigenvalue weighted by atomic mass is 32.2. The van der Waals surface area contributed by atoms with Crippen LogP contribution in [0.5, 0.6) is 0 Å². The van der Waals surface area contributed by atoms with Crippen LogP contribution in [0.25, 0.3) is 15.9 Å². The van der Waals surface area contributed by atoms with E-state index in [9.17, 15) is 9.59 Å². The van der Waals surface area contributed by atoms with Crippen molar-refractivity contribution in [1.29, 1.82) is 0 Å². The molecule has 27 heavy (non-hydrogen) atoms. The molecule has 0 radical (unpaired) electrons. The largest absolute Gasteiger partial charge is 0.326 e. The van der Waals surface area contributed by atoms with Crippen LogP contribution >= 0.6 is 23.1 Å². The first-order valence-corrected chi connectivity index (χ1v) is 9.84. The second kappa shape index (κ2) is 7.33. The van der Waals surface area contributed by atoms with Gasteiger partial charge in [-0.2, -0.15) is 0 Å². The minimum absolute atomic E-state index is 0.130. The Morgan fingerprint density at radius 1 is 1.37 bits per heavy atom. The highest BCUT2D eigenvalue weighted by Crippen LogP contribution is 2.24. The van der Waals surface area contributed by atoms with Gasteiger partial charge in [-0.05, 0) is 29.6 Å². The lowest BCUT2D eigenvalue weighted by molar-refractivity contribution is -0.114. The fourth-order valence-electron chi connectivity index (χ4n) is 2.56. The number of H-pyrrole nitrogens is 1. The predicted molar refractivity (Wildman–Crippen MR) is 105 cm³/mol. The van der Waals surface area contributed by atoms with E-state index in [-0.39, 0.29) is 11.5 Å². The standard InChI is InChI=1S/C17H14N6O2S2/c1-10(24)19-11-3-2-4-12(7-11)23-9-18-22-17(23)27-8-14-20-13-5-6-26-15(13)16(25)21-14/h2-7,9H,8H2,1H3,(H,19,24)(H,20,21,25). The van der Waals surface area contributed by atoms with Crippen LogP contribution in [0.15, 0.2) is 52.0 Å². The molecule has 10 heteroatoms. The fraction of sp³-hybridized carbons (Fsp3) is 0.118. The van der Waals surface area contributed by atoms with Crippen LogP contribution in [0.2, 0.25) is 0 Å². The number of nitrogens with one attached hydrogen (secondary N) is 2. The van der Waals surface area contributed by atoms with Crippen LogP contribution in [-0.2, 0) is 10.5 Å². The maximum absolute atomic E-state index is 12.1. The van der Waals surface area contributed by atoms with Gasteiger partial charge in [0.1, 0.15) is 16.9 Å². The molecule has 3 heterocycles. The van der Waals surface area contributed by atoms with E-state index < -0.39 is 0 Å². The van der Waals surface area contributed by atoms with Gasteiger partial charge in [-0.15, -0.1) is 21.5 Å². The molecule has 0 bridgehead atoms. The lowest BCUT2D eigenvalue weighted by Crippen LogP contribution is -2.09. The molecule has 0 fully saturated rings. The van der Waals surface area contributed by atoms with E-state index >= 15 is 0 Å². The summed E-state index contributed by atoms with van der Waals surface area (Å²) in [6.07, 6.45) is 1.60. The number of aromatic amines is 1. The molecular formula is C17H14N6O2S2. The van der Waals surface area contributed by atoms with Crippen LogP contribution in [-0.4, -0.2) is 30.6 Å². The van der Waals surface area contributed by atoms with Gasteiger partial charge in [0.2, 0.25) is 5.91 Å². The quantitative estimate of drug-likeness (QED) is 0.501. The average molecular weight is 398 g/mol. The van der Waals surface area contributed by atoms with Crippen LogP contribution in [0.1, 0.15) is 12.7 Å². The van der Waals surface area contributed by atoms with Crippen LogP contribution in [0.3, 0.4) is 0 Å². The van der Waals surface area contributed by atoms with E-state index in [2.05, 4.69) is 25.5 Å². The number of amides is 1. The van der Waals surface area contributed by atoms with Crippen molar-refractivity contribution in [1.82, 2.24) is 24.7 Å². The normalized spacial score (nSPS) is 11.0. The number of carbonyl (C=O) groups is 1. The van der Waals surface area contributed by atoms with Gasteiger partial charge < -0.3 is 10.3 Å². The highest BCUT2D eigenvalue weighted by molar-refractivity contribution is 7.98. The molecule has 1 amide bonds. The zero-order valence-corrected chi connectivity index (χ0v) is 15.8. The Balaban J connectivity index is 1.57. The van der Waals surface area contributed by atoms with Gasteiger partial charge in [-0.3, -0.25) is 14.2 Å². The number of thiophene rings is 1. The van der Waals surface area contributed by atoms with E-state index in [1.807, 2.05) is 40.3 Å². The van der Waals surface area contributed by atoms with Crippen LogP contribution < -0.4 is 10.9 Å². The molecule has 0 aliphatic carbocycles. The topological polar surface area (TPSA) is 106 Å². The van der Waals surface area contributed by atoms with Crippen molar-refractivity contribution >= 4 is 44.9 Å². The lowest BCUT2D eigenvalue weighted by atomic mass is 10.2. The van der Waals surface area contributed by atoms with Crippen molar-refractivity contribution in [2.75, 3.05) is 5.32 Å². The molecule has 0 atom stereocenters. The molecule has 2 N–H and O–H groups in total. The molecule has 0 aliphatic heterocycles. The smallest absolute Gasteiger partial charge is 0.268 e. The van der Waals surface area contributed by atoms with Gasteiger partial charge in [-0.1, -0.05) is 17.8 Å². The minimum Gasteiger partial charge on any atom is -0.326 e. The van der Waals surface area contributed by atoms with E-state index in [0.717, 1.165) is 5.69 Å². The summed E-state index contributed by atoms with van der Waals surface area (Å²) >= 11 is 2.79. The Labute approximate surface area is 161 Å². The number of carbonyl (C=O) groups excluding carboxylic acids is 1. The molecule has 1 aromatic carbocycles. The summed E-state index contributed by atoms with van der Waals surface area (Å²) in [5.74, 6) is 0.896. The summed E-state index contributed by atoms with van der Waals surface area (Å²) in [5, 5.41) is 13.4. The first-order chi connectivity index (χ1) is 13.1. The molecular weight excluding hydrogens is 384 g/mol. The zero-order chi connectivity index (χ0) is 18.8. The number of aromatic nitrogens is 5. The molecule has 0 unspecified atom stereocenters. The van der Waals surface area contributed by atoms with Gasteiger partial charge in [0.05, 0.1) is 17.0 Å². The van der Waals surface area contributed by atoms with Crippen molar-refractivity contribution in [3.63, 3.8) is 0 Å². The third kappa shape index (κ3) is 3.76. The first-order valence-electron chi connectivity index (χ1n) is 7.97.